The van der Waals surface area contributed by atoms with Crippen molar-refractivity contribution in [1.29, 1.82) is 5.26 Å². The number of ether oxygens (including phenoxy) is 1. The van der Waals surface area contributed by atoms with Gasteiger partial charge in [0, 0.05) is 6.07 Å². The fourth-order valence-corrected chi connectivity index (χ4v) is 2.21. The second-order valence-electron chi connectivity index (χ2n) is 4.55. The summed E-state index contributed by atoms with van der Waals surface area (Å²) in [5.41, 5.74) is 2.29. The molecule has 1 aliphatic rings. The highest BCUT2D eigenvalue weighted by atomic mass is 16.5. The fraction of sp³-hybridized carbons (Fsp3) is 0.125. The maximum atomic E-state index is 12.1. The second kappa shape index (κ2) is 5.06. The summed E-state index contributed by atoms with van der Waals surface area (Å²) < 4.78 is 5.40. The molecule has 0 aromatic heterocycles. The summed E-state index contributed by atoms with van der Waals surface area (Å²) in [7, 11) is 0. The first-order valence-electron chi connectivity index (χ1n) is 6.29. The number of rotatable bonds is 2. The zero-order chi connectivity index (χ0) is 13.9. The number of nitrogens with zero attached hydrogens (tertiary/aromatic N) is 2. The van der Waals surface area contributed by atoms with Crippen molar-refractivity contribution in [2.75, 3.05) is 11.5 Å². The molecule has 0 radical (unpaired) electrons. The minimum atomic E-state index is -0.0777. The van der Waals surface area contributed by atoms with Crippen molar-refractivity contribution in [3.63, 3.8) is 0 Å². The average Bonchev–Trinajstić information content (AvgIpc) is 2.50. The third-order valence-corrected chi connectivity index (χ3v) is 3.22. The largest absolute Gasteiger partial charge is 0.482 e. The molecule has 0 atom stereocenters. The maximum absolute atomic E-state index is 12.1. The van der Waals surface area contributed by atoms with Crippen molar-refractivity contribution in [1.82, 2.24) is 0 Å². The van der Waals surface area contributed by atoms with Crippen LogP contribution in [0.15, 0.2) is 48.5 Å². The standard InChI is InChI=1S/C16H12N2O2/c17-9-13-6-7-14-15(8-13)20-11-16(19)18(14)10-12-4-2-1-3-5-12/h1-8H,10-11H2. The van der Waals surface area contributed by atoms with Gasteiger partial charge in [0.15, 0.2) is 6.61 Å². The van der Waals surface area contributed by atoms with Crippen LogP contribution in [0.2, 0.25) is 0 Å². The first-order valence-corrected chi connectivity index (χ1v) is 6.29. The number of amides is 1. The van der Waals surface area contributed by atoms with Crippen LogP contribution in [-0.4, -0.2) is 12.5 Å². The lowest BCUT2D eigenvalue weighted by Gasteiger charge is -2.29. The molecule has 1 heterocycles. The minimum Gasteiger partial charge on any atom is -0.482 e. The van der Waals surface area contributed by atoms with Crippen molar-refractivity contribution in [3.05, 3.63) is 59.7 Å². The van der Waals surface area contributed by atoms with E-state index >= 15 is 0 Å². The molecule has 0 fully saturated rings. The van der Waals surface area contributed by atoms with Crippen molar-refractivity contribution in [2.24, 2.45) is 0 Å². The highest BCUT2D eigenvalue weighted by Crippen LogP contribution is 2.33. The van der Waals surface area contributed by atoms with Crippen LogP contribution in [0.1, 0.15) is 11.1 Å². The van der Waals surface area contributed by atoms with Gasteiger partial charge in [-0.2, -0.15) is 5.26 Å². The first kappa shape index (κ1) is 12.2. The van der Waals surface area contributed by atoms with Crippen LogP contribution in [0.25, 0.3) is 0 Å². The van der Waals surface area contributed by atoms with Crippen molar-refractivity contribution < 1.29 is 9.53 Å². The smallest absolute Gasteiger partial charge is 0.265 e. The van der Waals surface area contributed by atoms with E-state index in [1.807, 2.05) is 30.3 Å². The Morgan fingerprint density at radius 3 is 2.75 bits per heavy atom. The van der Waals surface area contributed by atoms with Crippen molar-refractivity contribution >= 4 is 11.6 Å². The molecular weight excluding hydrogens is 252 g/mol. The molecule has 0 unspecified atom stereocenters. The highest BCUT2D eigenvalue weighted by Gasteiger charge is 2.25. The quantitative estimate of drug-likeness (QED) is 0.837. The molecular formula is C16H12N2O2. The number of carbonyl (C=O) groups is 1. The van der Waals surface area contributed by atoms with Crippen LogP contribution in [0, 0.1) is 11.3 Å². The van der Waals surface area contributed by atoms with Gasteiger partial charge in [-0.25, -0.2) is 0 Å². The predicted molar refractivity (Wildman–Crippen MR) is 74.3 cm³/mol. The topological polar surface area (TPSA) is 53.3 Å². The van der Waals surface area contributed by atoms with Gasteiger partial charge in [0.25, 0.3) is 5.91 Å². The van der Waals surface area contributed by atoms with E-state index in [1.165, 1.54) is 0 Å². The number of benzene rings is 2. The maximum Gasteiger partial charge on any atom is 0.265 e. The van der Waals surface area contributed by atoms with Gasteiger partial charge in [0.2, 0.25) is 0 Å². The molecule has 98 valence electrons. The summed E-state index contributed by atoms with van der Waals surface area (Å²) in [6.45, 7) is 0.511. The third kappa shape index (κ3) is 2.21. The van der Waals surface area contributed by atoms with Gasteiger partial charge >= 0.3 is 0 Å². The van der Waals surface area contributed by atoms with E-state index in [4.69, 9.17) is 10.00 Å². The molecule has 1 amide bonds. The first-order chi connectivity index (χ1) is 9.78. The van der Waals surface area contributed by atoms with Crippen molar-refractivity contribution in [3.8, 4) is 11.8 Å². The molecule has 2 aromatic carbocycles. The van der Waals surface area contributed by atoms with Gasteiger partial charge < -0.3 is 9.64 Å². The Kier molecular flexibility index (Phi) is 3.10. The zero-order valence-corrected chi connectivity index (χ0v) is 10.7. The Labute approximate surface area is 116 Å². The monoisotopic (exact) mass is 264 g/mol. The molecule has 0 spiro atoms. The lowest BCUT2D eigenvalue weighted by atomic mass is 10.1. The molecule has 0 N–H and O–H groups in total. The van der Waals surface area contributed by atoms with Gasteiger partial charge in [-0.1, -0.05) is 30.3 Å². The summed E-state index contributed by atoms with van der Waals surface area (Å²) in [5, 5.41) is 8.91. The van der Waals surface area contributed by atoms with E-state index in [-0.39, 0.29) is 12.5 Å². The Morgan fingerprint density at radius 1 is 1.20 bits per heavy atom. The second-order valence-corrected chi connectivity index (χ2v) is 4.55. The van der Waals surface area contributed by atoms with Crippen molar-refractivity contribution in [2.45, 2.75) is 6.54 Å². The van der Waals surface area contributed by atoms with Gasteiger partial charge in [-0.05, 0) is 17.7 Å². The van der Waals surface area contributed by atoms with Gasteiger partial charge in [-0.3, -0.25) is 4.79 Å². The van der Waals surface area contributed by atoms with E-state index < -0.39 is 0 Å². The van der Waals surface area contributed by atoms with E-state index in [9.17, 15) is 4.79 Å². The number of nitriles is 1. The molecule has 0 saturated carbocycles. The molecule has 3 rings (SSSR count). The van der Waals surface area contributed by atoms with Gasteiger partial charge in [0.1, 0.15) is 5.75 Å². The number of anilines is 1. The van der Waals surface area contributed by atoms with Crippen LogP contribution in [0.3, 0.4) is 0 Å². The third-order valence-electron chi connectivity index (χ3n) is 3.22. The van der Waals surface area contributed by atoms with Gasteiger partial charge in [0.05, 0.1) is 23.9 Å². The minimum absolute atomic E-state index is 0.00865. The summed E-state index contributed by atoms with van der Waals surface area (Å²) in [6.07, 6.45) is 0. The SMILES string of the molecule is N#Cc1ccc2c(c1)OCC(=O)N2Cc1ccccc1. The summed E-state index contributed by atoms with van der Waals surface area (Å²) in [4.78, 5) is 13.7. The number of hydrogen-bond acceptors (Lipinski definition) is 3. The molecule has 20 heavy (non-hydrogen) atoms. The van der Waals surface area contributed by atoms with E-state index in [2.05, 4.69) is 6.07 Å². The lowest BCUT2D eigenvalue weighted by molar-refractivity contribution is -0.121. The Morgan fingerprint density at radius 2 is 2.00 bits per heavy atom. The molecule has 0 aliphatic carbocycles. The molecule has 0 saturated heterocycles. The normalized spacial score (nSPS) is 13.3. The van der Waals surface area contributed by atoms with E-state index in [0.717, 1.165) is 5.56 Å². The Balaban J connectivity index is 1.96. The molecule has 2 aromatic rings. The number of fused-ring (bicyclic) bond motifs is 1. The summed E-state index contributed by atoms with van der Waals surface area (Å²) >= 11 is 0. The fourth-order valence-electron chi connectivity index (χ4n) is 2.21. The lowest BCUT2D eigenvalue weighted by Crippen LogP contribution is -2.38. The zero-order valence-electron chi connectivity index (χ0n) is 10.7. The molecule has 0 bridgehead atoms. The molecule has 1 aliphatic heterocycles. The predicted octanol–water partition coefficient (Wildman–Crippen LogP) is 2.48. The van der Waals surface area contributed by atoms with Gasteiger partial charge in [-0.15, -0.1) is 0 Å². The number of carbonyl (C=O) groups excluding carboxylic acids is 1. The average molecular weight is 264 g/mol. The van der Waals surface area contributed by atoms with E-state index in [0.29, 0.717) is 23.5 Å². The Bertz CT molecular complexity index is 689. The Hall–Kier alpha value is -2.80. The highest BCUT2D eigenvalue weighted by molar-refractivity contribution is 5.97. The molecule has 4 heteroatoms. The summed E-state index contributed by atoms with van der Waals surface area (Å²) in [5.74, 6) is 0.505. The van der Waals surface area contributed by atoms with Crippen LogP contribution in [0.5, 0.6) is 5.75 Å². The van der Waals surface area contributed by atoms with Crippen LogP contribution in [-0.2, 0) is 11.3 Å². The van der Waals surface area contributed by atoms with Crippen LogP contribution in [0.4, 0.5) is 5.69 Å². The summed E-state index contributed by atoms with van der Waals surface area (Å²) in [6, 6.07) is 17.0. The molecule has 4 nitrogen and oxygen atoms in total. The van der Waals surface area contributed by atoms with E-state index in [1.54, 1.807) is 23.1 Å². The van der Waals surface area contributed by atoms with Crippen LogP contribution < -0.4 is 9.64 Å². The number of hydrogen-bond donors (Lipinski definition) is 0. The van der Waals surface area contributed by atoms with Crippen LogP contribution >= 0.6 is 0 Å².